The Balaban J connectivity index is 1.80. The SMILES string of the molecule is c1ncn(C2CCOC2)c1C1CCCCN1. The molecule has 0 aliphatic carbocycles. The van der Waals surface area contributed by atoms with Gasteiger partial charge in [-0.1, -0.05) is 6.42 Å². The number of aromatic nitrogens is 2. The molecule has 1 aromatic heterocycles. The van der Waals surface area contributed by atoms with Gasteiger partial charge in [0.15, 0.2) is 0 Å². The summed E-state index contributed by atoms with van der Waals surface area (Å²) in [6, 6.07) is 0.998. The van der Waals surface area contributed by atoms with Crippen molar-refractivity contribution >= 4 is 0 Å². The summed E-state index contributed by atoms with van der Waals surface area (Å²) < 4.78 is 7.77. The molecule has 0 saturated carbocycles. The summed E-state index contributed by atoms with van der Waals surface area (Å²) in [4.78, 5) is 4.31. The van der Waals surface area contributed by atoms with Crippen LogP contribution in [0.3, 0.4) is 0 Å². The fourth-order valence-corrected chi connectivity index (χ4v) is 2.74. The average Bonchev–Trinajstić information content (AvgIpc) is 3.01. The molecule has 2 aliphatic heterocycles. The number of ether oxygens (including phenoxy) is 1. The van der Waals surface area contributed by atoms with E-state index < -0.39 is 0 Å². The Kier molecular flexibility index (Phi) is 2.93. The van der Waals surface area contributed by atoms with E-state index in [1.54, 1.807) is 0 Å². The molecular formula is C12H19N3O. The Morgan fingerprint density at radius 2 is 2.38 bits per heavy atom. The molecule has 4 heteroatoms. The smallest absolute Gasteiger partial charge is 0.0952 e. The van der Waals surface area contributed by atoms with E-state index in [2.05, 4.69) is 14.9 Å². The molecule has 0 spiro atoms. The van der Waals surface area contributed by atoms with Crippen molar-refractivity contribution in [1.29, 1.82) is 0 Å². The molecule has 2 fully saturated rings. The van der Waals surface area contributed by atoms with Crippen molar-refractivity contribution in [2.75, 3.05) is 19.8 Å². The van der Waals surface area contributed by atoms with Crippen LogP contribution in [0.2, 0.25) is 0 Å². The van der Waals surface area contributed by atoms with Crippen LogP contribution >= 0.6 is 0 Å². The van der Waals surface area contributed by atoms with Crippen LogP contribution in [0.5, 0.6) is 0 Å². The van der Waals surface area contributed by atoms with Crippen molar-refractivity contribution in [2.45, 2.75) is 37.8 Å². The number of piperidine rings is 1. The molecule has 1 N–H and O–H groups in total. The topological polar surface area (TPSA) is 39.1 Å². The lowest BCUT2D eigenvalue weighted by Gasteiger charge is -2.26. The molecule has 2 atom stereocenters. The molecule has 3 rings (SSSR count). The number of hydrogen-bond donors (Lipinski definition) is 1. The molecule has 1 aromatic rings. The summed E-state index contributed by atoms with van der Waals surface area (Å²) in [6.07, 6.45) is 8.96. The van der Waals surface area contributed by atoms with Gasteiger partial charge in [-0.3, -0.25) is 0 Å². The Hall–Kier alpha value is -0.870. The van der Waals surface area contributed by atoms with E-state index >= 15 is 0 Å². The van der Waals surface area contributed by atoms with Crippen molar-refractivity contribution < 1.29 is 4.74 Å². The van der Waals surface area contributed by atoms with Gasteiger partial charge in [0.05, 0.1) is 24.7 Å². The minimum absolute atomic E-state index is 0.497. The van der Waals surface area contributed by atoms with E-state index in [1.165, 1.54) is 25.0 Å². The maximum atomic E-state index is 5.45. The van der Waals surface area contributed by atoms with Gasteiger partial charge in [0, 0.05) is 18.8 Å². The first-order valence-electron chi connectivity index (χ1n) is 6.28. The summed E-state index contributed by atoms with van der Waals surface area (Å²) in [5.74, 6) is 0. The molecular weight excluding hydrogens is 202 g/mol. The highest BCUT2D eigenvalue weighted by Gasteiger charge is 2.24. The Bertz CT molecular complexity index is 338. The summed E-state index contributed by atoms with van der Waals surface area (Å²) in [6.45, 7) is 2.87. The predicted octanol–water partition coefficient (Wildman–Crippen LogP) is 1.66. The Labute approximate surface area is 96.0 Å². The predicted molar refractivity (Wildman–Crippen MR) is 61.3 cm³/mol. The van der Waals surface area contributed by atoms with Gasteiger partial charge in [0.2, 0.25) is 0 Å². The third kappa shape index (κ3) is 1.87. The van der Waals surface area contributed by atoms with Crippen molar-refractivity contribution in [2.24, 2.45) is 0 Å². The largest absolute Gasteiger partial charge is 0.379 e. The van der Waals surface area contributed by atoms with Gasteiger partial charge in [0.1, 0.15) is 0 Å². The van der Waals surface area contributed by atoms with Crippen molar-refractivity contribution in [3.05, 3.63) is 18.2 Å². The second kappa shape index (κ2) is 4.55. The Morgan fingerprint density at radius 1 is 1.38 bits per heavy atom. The van der Waals surface area contributed by atoms with Crippen LogP contribution in [0.25, 0.3) is 0 Å². The normalized spacial score (nSPS) is 30.8. The number of nitrogens with one attached hydrogen (secondary N) is 1. The fourth-order valence-electron chi connectivity index (χ4n) is 2.74. The summed E-state index contributed by atoms with van der Waals surface area (Å²) in [5.41, 5.74) is 1.34. The first-order chi connectivity index (χ1) is 7.95. The zero-order chi connectivity index (χ0) is 10.8. The van der Waals surface area contributed by atoms with E-state index in [0.29, 0.717) is 12.1 Å². The molecule has 3 heterocycles. The Morgan fingerprint density at radius 3 is 3.12 bits per heavy atom. The number of hydrogen-bond acceptors (Lipinski definition) is 3. The van der Waals surface area contributed by atoms with Crippen LogP contribution in [0.1, 0.15) is 43.5 Å². The lowest BCUT2D eigenvalue weighted by atomic mass is 10.0. The quantitative estimate of drug-likeness (QED) is 0.825. The first kappa shape index (κ1) is 10.3. The molecule has 4 nitrogen and oxygen atoms in total. The van der Waals surface area contributed by atoms with E-state index in [1.807, 2.05) is 12.5 Å². The van der Waals surface area contributed by atoms with E-state index in [0.717, 1.165) is 26.2 Å². The van der Waals surface area contributed by atoms with Gasteiger partial charge in [-0.15, -0.1) is 0 Å². The molecule has 0 aromatic carbocycles. The molecule has 16 heavy (non-hydrogen) atoms. The van der Waals surface area contributed by atoms with Gasteiger partial charge in [-0.2, -0.15) is 0 Å². The maximum Gasteiger partial charge on any atom is 0.0952 e. The van der Waals surface area contributed by atoms with E-state index in [-0.39, 0.29) is 0 Å². The molecule has 2 unspecified atom stereocenters. The van der Waals surface area contributed by atoms with Crippen LogP contribution in [-0.2, 0) is 4.74 Å². The molecule has 88 valence electrons. The standard InChI is InChI=1S/C12H19N3O/c1-2-5-14-11(3-1)12-7-13-9-15(12)10-4-6-16-8-10/h7,9-11,14H,1-6,8H2. The minimum atomic E-state index is 0.497. The average molecular weight is 221 g/mol. The minimum Gasteiger partial charge on any atom is -0.379 e. The number of rotatable bonds is 2. The van der Waals surface area contributed by atoms with Gasteiger partial charge in [0.25, 0.3) is 0 Å². The highest BCUT2D eigenvalue weighted by Crippen LogP contribution is 2.27. The van der Waals surface area contributed by atoms with Gasteiger partial charge in [-0.25, -0.2) is 4.98 Å². The van der Waals surface area contributed by atoms with E-state index in [4.69, 9.17) is 4.74 Å². The lowest BCUT2D eigenvalue weighted by Crippen LogP contribution is -2.29. The highest BCUT2D eigenvalue weighted by molar-refractivity contribution is 5.08. The van der Waals surface area contributed by atoms with Crippen LogP contribution < -0.4 is 5.32 Å². The highest BCUT2D eigenvalue weighted by atomic mass is 16.5. The first-order valence-corrected chi connectivity index (χ1v) is 6.28. The summed E-state index contributed by atoms with van der Waals surface area (Å²) >= 11 is 0. The second-order valence-corrected chi connectivity index (χ2v) is 4.75. The summed E-state index contributed by atoms with van der Waals surface area (Å²) in [5, 5.41) is 3.58. The zero-order valence-electron chi connectivity index (χ0n) is 9.56. The van der Waals surface area contributed by atoms with Crippen molar-refractivity contribution in [1.82, 2.24) is 14.9 Å². The van der Waals surface area contributed by atoms with Crippen LogP contribution in [0.15, 0.2) is 12.5 Å². The van der Waals surface area contributed by atoms with Gasteiger partial charge < -0.3 is 14.6 Å². The monoisotopic (exact) mass is 221 g/mol. The third-order valence-corrected chi connectivity index (χ3v) is 3.66. The number of imidazole rings is 1. The van der Waals surface area contributed by atoms with E-state index in [9.17, 15) is 0 Å². The fraction of sp³-hybridized carbons (Fsp3) is 0.750. The summed E-state index contributed by atoms with van der Waals surface area (Å²) in [7, 11) is 0. The number of nitrogens with zero attached hydrogens (tertiary/aromatic N) is 2. The maximum absolute atomic E-state index is 5.45. The molecule has 0 amide bonds. The molecule has 0 radical (unpaired) electrons. The molecule has 0 bridgehead atoms. The van der Waals surface area contributed by atoms with Crippen LogP contribution in [0, 0.1) is 0 Å². The zero-order valence-corrected chi connectivity index (χ0v) is 9.56. The lowest BCUT2D eigenvalue weighted by molar-refractivity contribution is 0.185. The molecule has 2 saturated heterocycles. The van der Waals surface area contributed by atoms with Crippen LogP contribution in [0.4, 0.5) is 0 Å². The van der Waals surface area contributed by atoms with Crippen molar-refractivity contribution in [3.63, 3.8) is 0 Å². The second-order valence-electron chi connectivity index (χ2n) is 4.75. The van der Waals surface area contributed by atoms with Gasteiger partial charge in [-0.05, 0) is 25.8 Å². The molecule has 2 aliphatic rings. The third-order valence-electron chi connectivity index (χ3n) is 3.66. The van der Waals surface area contributed by atoms with Gasteiger partial charge >= 0.3 is 0 Å². The van der Waals surface area contributed by atoms with Crippen molar-refractivity contribution in [3.8, 4) is 0 Å². The van der Waals surface area contributed by atoms with Crippen LogP contribution in [-0.4, -0.2) is 29.3 Å².